The molecule has 11 heteroatoms. The number of aryl methyl sites for hydroxylation is 1. The quantitative estimate of drug-likeness (QED) is 0.594. The third-order valence-corrected chi connectivity index (χ3v) is 7.25. The second-order valence-corrected chi connectivity index (χ2v) is 9.89. The first kappa shape index (κ1) is 21.6. The summed E-state index contributed by atoms with van der Waals surface area (Å²) in [7, 11) is -3.43. The summed E-state index contributed by atoms with van der Waals surface area (Å²) in [5.74, 6) is -0.271. The van der Waals surface area contributed by atoms with E-state index in [9.17, 15) is 13.2 Å². The summed E-state index contributed by atoms with van der Waals surface area (Å²) in [6, 6.07) is 6.57. The van der Waals surface area contributed by atoms with Crippen molar-refractivity contribution in [1.82, 2.24) is 14.8 Å². The van der Waals surface area contributed by atoms with Crippen LogP contribution in [0.25, 0.3) is 11.1 Å². The Balaban J connectivity index is 1.62. The second-order valence-electron chi connectivity index (χ2n) is 7.03. The summed E-state index contributed by atoms with van der Waals surface area (Å²) < 4.78 is 27.4. The first-order valence-electron chi connectivity index (χ1n) is 9.57. The van der Waals surface area contributed by atoms with Gasteiger partial charge in [0.05, 0.1) is 22.5 Å². The van der Waals surface area contributed by atoms with Crippen molar-refractivity contribution in [2.45, 2.75) is 19.9 Å². The molecule has 162 valence electrons. The SMILES string of the molecule is CCn1cc(-c2cc(Cl)cc(NC(=O)c3cc(N4CCCS4(=O)=O)ncc3Cl)c2)cn1. The van der Waals surface area contributed by atoms with E-state index in [1.165, 1.54) is 16.6 Å². The molecule has 0 bridgehead atoms. The third kappa shape index (κ3) is 4.53. The molecule has 0 spiro atoms. The zero-order chi connectivity index (χ0) is 22.2. The van der Waals surface area contributed by atoms with Gasteiger partial charge in [0.15, 0.2) is 0 Å². The van der Waals surface area contributed by atoms with Gasteiger partial charge in [0, 0.05) is 41.8 Å². The third-order valence-electron chi connectivity index (χ3n) is 4.89. The number of nitrogens with one attached hydrogen (secondary N) is 1. The van der Waals surface area contributed by atoms with E-state index >= 15 is 0 Å². The van der Waals surface area contributed by atoms with Gasteiger partial charge in [-0.3, -0.25) is 13.8 Å². The van der Waals surface area contributed by atoms with Crippen molar-refractivity contribution in [2.24, 2.45) is 0 Å². The van der Waals surface area contributed by atoms with Gasteiger partial charge in [-0.1, -0.05) is 23.2 Å². The topological polar surface area (TPSA) is 97.2 Å². The number of hydrogen-bond acceptors (Lipinski definition) is 5. The van der Waals surface area contributed by atoms with Crippen LogP contribution < -0.4 is 9.62 Å². The van der Waals surface area contributed by atoms with Gasteiger partial charge in [0.1, 0.15) is 5.82 Å². The highest BCUT2D eigenvalue weighted by molar-refractivity contribution is 7.93. The van der Waals surface area contributed by atoms with E-state index in [-0.39, 0.29) is 22.2 Å². The normalized spacial score (nSPS) is 15.3. The van der Waals surface area contributed by atoms with E-state index in [0.717, 1.165) is 17.7 Å². The number of aromatic nitrogens is 3. The molecule has 1 amide bonds. The molecule has 1 aromatic carbocycles. The van der Waals surface area contributed by atoms with Gasteiger partial charge < -0.3 is 5.32 Å². The van der Waals surface area contributed by atoms with Crippen LogP contribution in [0.5, 0.6) is 0 Å². The summed E-state index contributed by atoms with van der Waals surface area (Å²) in [6.07, 6.45) is 5.40. The molecule has 0 radical (unpaired) electrons. The molecule has 8 nitrogen and oxygen atoms in total. The monoisotopic (exact) mass is 479 g/mol. The highest BCUT2D eigenvalue weighted by Gasteiger charge is 2.30. The van der Waals surface area contributed by atoms with Gasteiger partial charge in [-0.2, -0.15) is 5.10 Å². The average Bonchev–Trinajstić information content (AvgIpc) is 3.34. The van der Waals surface area contributed by atoms with Crippen molar-refractivity contribution in [3.05, 3.63) is 58.5 Å². The Labute approximate surface area is 189 Å². The van der Waals surface area contributed by atoms with Crippen LogP contribution in [0, 0.1) is 0 Å². The zero-order valence-corrected chi connectivity index (χ0v) is 18.9. The largest absolute Gasteiger partial charge is 0.322 e. The van der Waals surface area contributed by atoms with Crippen molar-refractivity contribution < 1.29 is 13.2 Å². The molecule has 0 atom stereocenters. The van der Waals surface area contributed by atoms with Crippen LogP contribution in [0.1, 0.15) is 23.7 Å². The second kappa shape index (κ2) is 8.49. The number of anilines is 2. The lowest BCUT2D eigenvalue weighted by Gasteiger charge is -2.17. The van der Waals surface area contributed by atoms with E-state index in [0.29, 0.717) is 23.7 Å². The molecule has 4 rings (SSSR count). The molecule has 0 saturated carbocycles. The lowest BCUT2D eigenvalue weighted by molar-refractivity contribution is 0.102. The van der Waals surface area contributed by atoms with Crippen molar-refractivity contribution in [2.75, 3.05) is 21.9 Å². The van der Waals surface area contributed by atoms with Crippen LogP contribution in [0.2, 0.25) is 10.0 Å². The Bertz CT molecular complexity index is 1260. The maximum atomic E-state index is 12.9. The van der Waals surface area contributed by atoms with Gasteiger partial charge in [-0.15, -0.1) is 0 Å². The molecule has 2 aromatic heterocycles. The fourth-order valence-electron chi connectivity index (χ4n) is 3.35. The number of sulfonamides is 1. The van der Waals surface area contributed by atoms with Crippen LogP contribution in [0.4, 0.5) is 11.5 Å². The predicted molar refractivity (Wildman–Crippen MR) is 121 cm³/mol. The molecule has 3 aromatic rings. The summed E-state index contributed by atoms with van der Waals surface area (Å²) in [6.45, 7) is 3.04. The summed E-state index contributed by atoms with van der Waals surface area (Å²) in [5, 5.41) is 7.60. The number of amides is 1. The number of carbonyl (C=O) groups excluding carboxylic acids is 1. The highest BCUT2D eigenvalue weighted by Crippen LogP contribution is 2.29. The molecule has 0 aliphatic carbocycles. The van der Waals surface area contributed by atoms with Crippen LogP contribution in [-0.4, -0.2) is 41.4 Å². The summed E-state index contributed by atoms with van der Waals surface area (Å²) >= 11 is 12.4. The maximum absolute atomic E-state index is 12.9. The molecule has 1 fully saturated rings. The average molecular weight is 480 g/mol. The number of carbonyl (C=O) groups is 1. The Morgan fingerprint density at radius 1 is 1.16 bits per heavy atom. The van der Waals surface area contributed by atoms with E-state index < -0.39 is 15.9 Å². The van der Waals surface area contributed by atoms with Crippen LogP contribution in [0.3, 0.4) is 0 Å². The fourth-order valence-corrected chi connectivity index (χ4v) is 5.28. The Kier molecular flexibility index (Phi) is 5.92. The van der Waals surface area contributed by atoms with E-state index in [1.54, 1.807) is 29.1 Å². The molecule has 1 aliphatic heterocycles. The smallest absolute Gasteiger partial charge is 0.257 e. The lowest BCUT2D eigenvalue weighted by atomic mass is 10.1. The van der Waals surface area contributed by atoms with Gasteiger partial charge in [0.2, 0.25) is 10.0 Å². The molecule has 3 heterocycles. The molecular formula is C20H19Cl2N5O3S. The molecule has 1 aliphatic rings. The molecule has 0 unspecified atom stereocenters. The molecule has 1 N–H and O–H groups in total. The minimum atomic E-state index is -3.43. The predicted octanol–water partition coefficient (Wildman–Crippen LogP) is 4.06. The zero-order valence-electron chi connectivity index (χ0n) is 16.5. The van der Waals surface area contributed by atoms with Crippen molar-refractivity contribution >= 4 is 50.6 Å². The van der Waals surface area contributed by atoms with Gasteiger partial charge >= 0.3 is 0 Å². The van der Waals surface area contributed by atoms with Crippen molar-refractivity contribution in [1.29, 1.82) is 0 Å². The van der Waals surface area contributed by atoms with Crippen molar-refractivity contribution in [3.8, 4) is 11.1 Å². The van der Waals surface area contributed by atoms with E-state index in [2.05, 4.69) is 15.4 Å². The number of halogens is 2. The minimum absolute atomic E-state index is 0.0543. The number of benzene rings is 1. The molecule has 1 saturated heterocycles. The van der Waals surface area contributed by atoms with Gasteiger partial charge in [-0.25, -0.2) is 13.4 Å². The Hall–Kier alpha value is -2.62. The molecular weight excluding hydrogens is 461 g/mol. The van der Waals surface area contributed by atoms with Crippen LogP contribution in [0.15, 0.2) is 42.9 Å². The standard InChI is InChI=1S/C20H19Cl2N5O3S/c1-2-26-12-14(10-24-26)13-6-15(21)8-16(7-13)25-20(28)17-9-19(23-11-18(17)22)27-4-3-5-31(27,29)30/h6-12H,2-5H2,1H3,(H,25,28). The minimum Gasteiger partial charge on any atom is -0.322 e. The maximum Gasteiger partial charge on any atom is 0.257 e. The van der Waals surface area contributed by atoms with Gasteiger partial charge in [-0.05, 0) is 43.2 Å². The highest BCUT2D eigenvalue weighted by atomic mass is 35.5. The number of nitrogens with zero attached hydrogens (tertiary/aromatic N) is 4. The molecule has 31 heavy (non-hydrogen) atoms. The summed E-state index contributed by atoms with van der Waals surface area (Å²) in [4.78, 5) is 17.0. The Morgan fingerprint density at radius 2 is 1.97 bits per heavy atom. The van der Waals surface area contributed by atoms with Gasteiger partial charge in [0.25, 0.3) is 5.91 Å². The first-order valence-corrected chi connectivity index (χ1v) is 11.9. The lowest BCUT2D eigenvalue weighted by Crippen LogP contribution is -2.26. The fraction of sp³-hybridized carbons (Fsp3) is 0.250. The number of hydrogen-bond donors (Lipinski definition) is 1. The number of pyridine rings is 1. The Morgan fingerprint density at radius 3 is 2.65 bits per heavy atom. The number of rotatable bonds is 5. The van der Waals surface area contributed by atoms with E-state index in [4.69, 9.17) is 23.2 Å². The summed E-state index contributed by atoms with van der Waals surface area (Å²) in [5.41, 5.74) is 2.25. The van der Waals surface area contributed by atoms with Crippen LogP contribution >= 0.6 is 23.2 Å². The van der Waals surface area contributed by atoms with Crippen molar-refractivity contribution in [3.63, 3.8) is 0 Å². The first-order chi connectivity index (χ1) is 14.8. The van der Waals surface area contributed by atoms with E-state index in [1.807, 2.05) is 13.1 Å². The van der Waals surface area contributed by atoms with Crippen LogP contribution in [-0.2, 0) is 16.6 Å².